The number of amides is 1. The molecule has 2 aromatic heterocycles. The minimum absolute atomic E-state index is 0.0681. The standard InChI is InChI=1S/C19H25N3O3S3/c1-15(19(23)21-13-16-7-6-12-26-16)27-18-9-8-17(14-20-18)28(24,25)22-10-4-2-3-5-11-22/h6-9,12,14-15H,2-5,10-11,13H2,1H3,(H,21,23). The molecule has 0 aromatic carbocycles. The van der Waals surface area contributed by atoms with Gasteiger partial charge in [-0.05, 0) is 43.3 Å². The number of hydrogen-bond donors (Lipinski definition) is 1. The van der Waals surface area contributed by atoms with Gasteiger partial charge in [0.25, 0.3) is 0 Å². The van der Waals surface area contributed by atoms with E-state index in [9.17, 15) is 13.2 Å². The number of nitrogens with one attached hydrogen (secondary N) is 1. The molecule has 0 spiro atoms. The van der Waals surface area contributed by atoms with E-state index >= 15 is 0 Å². The zero-order chi connectivity index (χ0) is 20.0. The summed E-state index contributed by atoms with van der Waals surface area (Å²) in [7, 11) is -3.50. The van der Waals surface area contributed by atoms with Gasteiger partial charge in [-0.2, -0.15) is 4.31 Å². The molecule has 1 saturated heterocycles. The summed E-state index contributed by atoms with van der Waals surface area (Å²) in [5, 5.41) is 5.20. The van der Waals surface area contributed by atoms with Crippen LogP contribution in [0.2, 0.25) is 0 Å². The van der Waals surface area contributed by atoms with Gasteiger partial charge in [0.15, 0.2) is 0 Å². The number of pyridine rings is 1. The van der Waals surface area contributed by atoms with Crippen molar-refractivity contribution in [3.8, 4) is 0 Å². The largest absolute Gasteiger partial charge is 0.350 e. The quantitative estimate of drug-likeness (QED) is 0.668. The molecule has 152 valence electrons. The summed E-state index contributed by atoms with van der Waals surface area (Å²) in [6.07, 6.45) is 5.36. The molecule has 0 bridgehead atoms. The maximum Gasteiger partial charge on any atom is 0.244 e. The first-order chi connectivity index (χ1) is 13.5. The van der Waals surface area contributed by atoms with Crippen LogP contribution in [0.25, 0.3) is 0 Å². The normalized spacial score (nSPS) is 17.0. The number of nitrogens with zero attached hydrogens (tertiary/aromatic N) is 2. The van der Waals surface area contributed by atoms with Gasteiger partial charge in [-0.3, -0.25) is 4.79 Å². The molecular weight excluding hydrogens is 414 g/mol. The van der Waals surface area contributed by atoms with Crippen molar-refractivity contribution in [2.45, 2.75) is 54.3 Å². The van der Waals surface area contributed by atoms with Gasteiger partial charge >= 0.3 is 0 Å². The number of hydrogen-bond acceptors (Lipinski definition) is 6. The van der Waals surface area contributed by atoms with Crippen LogP contribution in [0.5, 0.6) is 0 Å². The van der Waals surface area contributed by atoms with Crippen LogP contribution >= 0.6 is 23.1 Å². The van der Waals surface area contributed by atoms with Crippen LogP contribution in [0.4, 0.5) is 0 Å². The predicted molar refractivity (Wildman–Crippen MR) is 113 cm³/mol. The summed E-state index contributed by atoms with van der Waals surface area (Å²) in [4.78, 5) is 17.8. The van der Waals surface area contributed by atoms with Gasteiger partial charge in [0.2, 0.25) is 15.9 Å². The zero-order valence-corrected chi connectivity index (χ0v) is 18.3. The second-order valence-corrected chi connectivity index (χ2v) is 11.0. The van der Waals surface area contributed by atoms with Gasteiger partial charge in [-0.25, -0.2) is 13.4 Å². The van der Waals surface area contributed by atoms with Crippen molar-refractivity contribution in [2.75, 3.05) is 13.1 Å². The van der Waals surface area contributed by atoms with Crippen molar-refractivity contribution >= 4 is 39.0 Å². The molecule has 9 heteroatoms. The Bertz CT molecular complexity index is 860. The van der Waals surface area contributed by atoms with Crippen molar-refractivity contribution in [2.24, 2.45) is 0 Å². The van der Waals surface area contributed by atoms with E-state index in [2.05, 4.69) is 10.3 Å². The van der Waals surface area contributed by atoms with Gasteiger partial charge in [0.05, 0.1) is 16.8 Å². The van der Waals surface area contributed by atoms with Gasteiger partial charge < -0.3 is 5.32 Å². The molecule has 1 fully saturated rings. The van der Waals surface area contributed by atoms with Crippen LogP contribution in [0, 0.1) is 0 Å². The van der Waals surface area contributed by atoms with E-state index in [1.807, 2.05) is 24.4 Å². The maximum atomic E-state index is 12.8. The fourth-order valence-electron chi connectivity index (χ4n) is 2.99. The van der Waals surface area contributed by atoms with Crippen LogP contribution in [-0.2, 0) is 21.4 Å². The topological polar surface area (TPSA) is 79.4 Å². The summed E-state index contributed by atoms with van der Waals surface area (Å²) < 4.78 is 27.2. The molecule has 2 aromatic rings. The first kappa shape index (κ1) is 21.3. The maximum absolute atomic E-state index is 12.8. The Labute approximate surface area is 174 Å². The lowest BCUT2D eigenvalue weighted by atomic mass is 10.2. The number of thioether (sulfide) groups is 1. The van der Waals surface area contributed by atoms with E-state index in [1.54, 1.807) is 27.8 Å². The van der Waals surface area contributed by atoms with Crippen LogP contribution in [-0.4, -0.2) is 42.0 Å². The minimum atomic E-state index is -3.50. The molecule has 1 atom stereocenters. The highest BCUT2D eigenvalue weighted by Gasteiger charge is 2.25. The molecule has 1 N–H and O–H groups in total. The molecule has 0 radical (unpaired) electrons. The summed E-state index contributed by atoms with van der Waals surface area (Å²) >= 11 is 2.92. The third kappa shape index (κ3) is 5.56. The lowest BCUT2D eigenvalue weighted by Crippen LogP contribution is -2.32. The second kappa shape index (κ2) is 9.87. The average molecular weight is 440 g/mol. The van der Waals surface area contributed by atoms with Crippen LogP contribution in [0.1, 0.15) is 37.5 Å². The molecule has 1 aliphatic rings. The Balaban J connectivity index is 1.58. The number of aromatic nitrogens is 1. The molecule has 1 amide bonds. The molecule has 1 aliphatic heterocycles. The first-order valence-corrected chi connectivity index (χ1v) is 12.6. The molecule has 3 heterocycles. The summed E-state index contributed by atoms with van der Waals surface area (Å²) in [6, 6.07) is 7.20. The fourth-order valence-corrected chi connectivity index (χ4v) is 5.91. The molecular formula is C19H25N3O3S3. The van der Waals surface area contributed by atoms with E-state index < -0.39 is 10.0 Å². The van der Waals surface area contributed by atoms with Gasteiger partial charge in [-0.15, -0.1) is 11.3 Å². The lowest BCUT2D eigenvalue weighted by molar-refractivity contribution is -0.120. The fraction of sp³-hybridized carbons (Fsp3) is 0.474. The van der Waals surface area contributed by atoms with Gasteiger partial charge in [0.1, 0.15) is 4.90 Å². The Morgan fingerprint density at radius 3 is 2.61 bits per heavy atom. The Morgan fingerprint density at radius 2 is 2.00 bits per heavy atom. The Hall–Kier alpha value is -1.42. The summed E-state index contributed by atoms with van der Waals surface area (Å²) in [5.41, 5.74) is 0. The van der Waals surface area contributed by atoms with Crippen molar-refractivity contribution < 1.29 is 13.2 Å². The number of thiophene rings is 1. The minimum Gasteiger partial charge on any atom is -0.350 e. The summed E-state index contributed by atoms with van der Waals surface area (Å²) in [5.74, 6) is -0.0681. The van der Waals surface area contributed by atoms with Crippen LogP contribution < -0.4 is 5.32 Å². The van der Waals surface area contributed by atoms with Crippen molar-refractivity contribution in [3.63, 3.8) is 0 Å². The highest BCUT2D eigenvalue weighted by Crippen LogP contribution is 2.24. The van der Waals surface area contributed by atoms with E-state index in [0.29, 0.717) is 24.7 Å². The number of carbonyl (C=O) groups excluding carboxylic acids is 1. The SMILES string of the molecule is CC(Sc1ccc(S(=O)(=O)N2CCCCCC2)cn1)C(=O)NCc1cccs1. The Kier molecular flexibility index (Phi) is 7.50. The van der Waals surface area contributed by atoms with E-state index in [0.717, 1.165) is 30.6 Å². The predicted octanol–water partition coefficient (Wildman–Crippen LogP) is 3.50. The van der Waals surface area contributed by atoms with Crippen LogP contribution in [0.3, 0.4) is 0 Å². The average Bonchev–Trinajstić information content (AvgIpc) is 3.05. The zero-order valence-electron chi connectivity index (χ0n) is 15.8. The molecule has 28 heavy (non-hydrogen) atoms. The molecule has 3 rings (SSSR count). The number of sulfonamides is 1. The highest BCUT2D eigenvalue weighted by molar-refractivity contribution is 8.00. The monoisotopic (exact) mass is 439 g/mol. The molecule has 0 aliphatic carbocycles. The third-order valence-electron chi connectivity index (χ3n) is 4.60. The molecule has 6 nitrogen and oxygen atoms in total. The van der Waals surface area contributed by atoms with Crippen molar-refractivity contribution in [1.82, 2.24) is 14.6 Å². The van der Waals surface area contributed by atoms with Gasteiger partial charge in [0, 0.05) is 24.2 Å². The highest BCUT2D eigenvalue weighted by atomic mass is 32.2. The molecule has 1 unspecified atom stereocenters. The second-order valence-electron chi connectivity index (χ2n) is 6.71. The Morgan fingerprint density at radius 1 is 1.25 bits per heavy atom. The van der Waals surface area contributed by atoms with Crippen LogP contribution in [0.15, 0.2) is 45.8 Å². The van der Waals surface area contributed by atoms with Crippen molar-refractivity contribution in [3.05, 3.63) is 40.7 Å². The first-order valence-electron chi connectivity index (χ1n) is 9.40. The van der Waals surface area contributed by atoms with Gasteiger partial charge in [-0.1, -0.05) is 30.7 Å². The van der Waals surface area contributed by atoms with E-state index in [4.69, 9.17) is 0 Å². The smallest absolute Gasteiger partial charge is 0.244 e. The number of carbonyl (C=O) groups is 1. The summed E-state index contributed by atoms with van der Waals surface area (Å²) in [6.45, 7) is 3.47. The molecule has 0 saturated carbocycles. The van der Waals surface area contributed by atoms with Crippen molar-refractivity contribution in [1.29, 1.82) is 0 Å². The lowest BCUT2D eigenvalue weighted by Gasteiger charge is -2.19. The third-order valence-corrected chi connectivity index (χ3v) is 8.40. The van der Waals surface area contributed by atoms with E-state index in [-0.39, 0.29) is 16.1 Å². The van der Waals surface area contributed by atoms with E-state index in [1.165, 1.54) is 18.0 Å². The number of rotatable bonds is 7.